The van der Waals surface area contributed by atoms with Crippen molar-refractivity contribution in [2.24, 2.45) is 0 Å². The maximum Gasteiger partial charge on any atom is 0.271 e. The fourth-order valence-corrected chi connectivity index (χ4v) is 5.94. The first-order valence-corrected chi connectivity index (χ1v) is 12.9. The standard InChI is InChI=1S/C25H22N4O4S2/c30-23(28-24-26-18-5-6-20-21(22(18)35-24)27-25(31)34-20)17-13-15-3-1-2-4-16(15)14-19(17)33-12-9-29-7-10-32-11-8-29/h1-6,13-14H,7-12H2,(H,27,31)(H,26,28,30). The third-order valence-electron chi connectivity index (χ3n) is 5.98. The fourth-order valence-electron chi connectivity index (χ4n) is 4.21. The molecule has 2 aromatic heterocycles. The minimum atomic E-state index is -0.284. The lowest BCUT2D eigenvalue weighted by molar-refractivity contribution is 0.0322. The van der Waals surface area contributed by atoms with E-state index in [9.17, 15) is 9.90 Å². The summed E-state index contributed by atoms with van der Waals surface area (Å²) in [5.41, 5.74) is 1.88. The van der Waals surface area contributed by atoms with Gasteiger partial charge in [0.1, 0.15) is 17.9 Å². The van der Waals surface area contributed by atoms with Crippen molar-refractivity contribution in [1.29, 1.82) is 0 Å². The fraction of sp³-hybridized carbons (Fsp3) is 0.240. The normalized spacial score (nSPS) is 14.6. The summed E-state index contributed by atoms with van der Waals surface area (Å²) in [5, 5.41) is 15.2. The molecule has 6 rings (SSSR count). The van der Waals surface area contributed by atoms with Crippen molar-refractivity contribution in [3.63, 3.8) is 0 Å². The second kappa shape index (κ2) is 9.38. The Morgan fingerprint density at radius 1 is 1.09 bits per heavy atom. The number of morpholine rings is 1. The maximum atomic E-state index is 13.4. The number of fused-ring (bicyclic) bond motifs is 4. The first-order chi connectivity index (χ1) is 17.1. The van der Waals surface area contributed by atoms with Gasteiger partial charge in [-0.3, -0.25) is 15.0 Å². The van der Waals surface area contributed by atoms with Crippen molar-refractivity contribution < 1.29 is 19.4 Å². The molecule has 10 heteroatoms. The number of anilines is 1. The van der Waals surface area contributed by atoms with Gasteiger partial charge in [-0.1, -0.05) is 46.9 Å². The Balaban J connectivity index is 1.27. The van der Waals surface area contributed by atoms with E-state index in [4.69, 9.17) is 9.47 Å². The van der Waals surface area contributed by atoms with Gasteiger partial charge < -0.3 is 14.6 Å². The van der Waals surface area contributed by atoms with Gasteiger partial charge in [-0.15, -0.1) is 0 Å². The Kier molecular flexibility index (Phi) is 5.95. The Labute approximate surface area is 208 Å². The van der Waals surface area contributed by atoms with Crippen LogP contribution in [0.15, 0.2) is 48.5 Å². The minimum absolute atomic E-state index is 0.0153. The van der Waals surface area contributed by atoms with Crippen molar-refractivity contribution >= 4 is 64.9 Å². The molecule has 35 heavy (non-hydrogen) atoms. The SMILES string of the molecule is O=C(Nc1nc2ccc3sc(O)nc3c2s1)c1cc2ccccc2cc1OCCN1CCOCC1. The van der Waals surface area contributed by atoms with Crippen molar-refractivity contribution in [2.75, 3.05) is 44.8 Å². The molecule has 0 unspecified atom stereocenters. The highest BCUT2D eigenvalue weighted by Gasteiger charge is 2.19. The van der Waals surface area contributed by atoms with Crippen LogP contribution in [0.5, 0.6) is 10.9 Å². The highest BCUT2D eigenvalue weighted by atomic mass is 32.1. The number of hydrogen-bond acceptors (Lipinski definition) is 9. The van der Waals surface area contributed by atoms with Gasteiger partial charge in [0.2, 0.25) is 0 Å². The van der Waals surface area contributed by atoms with Crippen LogP contribution in [-0.2, 0) is 4.74 Å². The number of benzene rings is 3. The van der Waals surface area contributed by atoms with Crippen LogP contribution >= 0.6 is 22.7 Å². The van der Waals surface area contributed by atoms with E-state index in [1.807, 2.05) is 48.5 Å². The number of ether oxygens (including phenoxy) is 2. The van der Waals surface area contributed by atoms with E-state index in [0.29, 0.717) is 28.6 Å². The van der Waals surface area contributed by atoms with Gasteiger partial charge in [-0.2, -0.15) is 0 Å². The Morgan fingerprint density at radius 2 is 1.89 bits per heavy atom. The number of aromatic nitrogens is 2. The highest BCUT2D eigenvalue weighted by molar-refractivity contribution is 7.25. The lowest BCUT2D eigenvalue weighted by Gasteiger charge is -2.26. The van der Waals surface area contributed by atoms with E-state index in [1.165, 1.54) is 22.7 Å². The summed E-state index contributed by atoms with van der Waals surface area (Å²) >= 11 is 2.56. The molecule has 1 amide bonds. The molecule has 178 valence electrons. The van der Waals surface area contributed by atoms with Gasteiger partial charge in [-0.25, -0.2) is 9.97 Å². The highest BCUT2D eigenvalue weighted by Crippen LogP contribution is 2.37. The average Bonchev–Trinajstić information content (AvgIpc) is 3.46. The molecule has 0 bridgehead atoms. The van der Waals surface area contributed by atoms with Crippen molar-refractivity contribution in [3.8, 4) is 10.9 Å². The zero-order valence-corrected chi connectivity index (χ0v) is 20.3. The summed E-state index contributed by atoms with van der Waals surface area (Å²) in [6.45, 7) is 4.49. The number of carbonyl (C=O) groups is 1. The van der Waals surface area contributed by atoms with Gasteiger partial charge in [0.25, 0.3) is 11.1 Å². The Morgan fingerprint density at radius 3 is 2.71 bits per heavy atom. The third kappa shape index (κ3) is 4.53. The number of nitrogens with zero attached hydrogens (tertiary/aromatic N) is 3. The lowest BCUT2D eigenvalue weighted by Crippen LogP contribution is -2.38. The molecule has 1 aliphatic heterocycles. The summed E-state index contributed by atoms with van der Waals surface area (Å²) in [7, 11) is 0. The summed E-state index contributed by atoms with van der Waals surface area (Å²) in [4.78, 5) is 24.5. The van der Waals surface area contributed by atoms with Crippen molar-refractivity contribution in [1.82, 2.24) is 14.9 Å². The second-order valence-electron chi connectivity index (χ2n) is 8.23. The van der Waals surface area contributed by atoms with Gasteiger partial charge in [0.05, 0.1) is 33.7 Å². The van der Waals surface area contributed by atoms with Crippen LogP contribution in [0.3, 0.4) is 0 Å². The minimum Gasteiger partial charge on any atom is -0.491 e. The largest absolute Gasteiger partial charge is 0.491 e. The molecule has 1 saturated heterocycles. The number of hydrogen-bond donors (Lipinski definition) is 2. The molecule has 0 atom stereocenters. The molecule has 0 saturated carbocycles. The summed E-state index contributed by atoms with van der Waals surface area (Å²) in [6, 6.07) is 15.4. The van der Waals surface area contributed by atoms with Crippen LogP contribution < -0.4 is 10.1 Å². The van der Waals surface area contributed by atoms with Crippen LogP contribution in [-0.4, -0.2) is 65.3 Å². The molecule has 0 aliphatic carbocycles. The van der Waals surface area contributed by atoms with E-state index in [-0.39, 0.29) is 11.1 Å². The molecular weight excluding hydrogens is 484 g/mol. The lowest BCUT2D eigenvalue weighted by atomic mass is 10.1. The monoisotopic (exact) mass is 506 g/mol. The van der Waals surface area contributed by atoms with E-state index in [0.717, 1.165) is 58.5 Å². The van der Waals surface area contributed by atoms with E-state index in [1.54, 1.807) is 0 Å². The zero-order valence-electron chi connectivity index (χ0n) is 18.7. The molecule has 0 spiro atoms. The molecule has 1 aliphatic rings. The zero-order chi connectivity index (χ0) is 23.8. The van der Waals surface area contributed by atoms with E-state index in [2.05, 4.69) is 20.2 Å². The van der Waals surface area contributed by atoms with Crippen LogP contribution in [0.2, 0.25) is 0 Å². The number of amides is 1. The van der Waals surface area contributed by atoms with Gasteiger partial charge in [0.15, 0.2) is 5.13 Å². The van der Waals surface area contributed by atoms with E-state index >= 15 is 0 Å². The molecule has 5 aromatic rings. The number of thiazole rings is 2. The van der Waals surface area contributed by atoms with Gasteiger partial charge in [-0.05, 0) is 35.0 Å². The van der Waals surface area contributed by atoms with Gasteiger partial charge >= 0.3 is 0 Å². The third-order valence-corrected chi connectivity index (χ3v) is 7.80. The number of aromatic hydroxyl groups is 1. The van der Waals surface area contributed by atoms with Crippen LogP contribution in [0.25, 0.3) is 31.2 Å². The quantitative estimate of drug-likeness (QED) is 0.344. The summed E-state index contributed by atoms with van der Waals surface area (Å²) in [6.07, 6.45) is 0. The molecule has 0 radical (unpaired) electrons. The molecule has 3 heterocycles. The molecule has 2 N–H and O–H groups in total. The Hall–Kier alpha value is -3.31. The number of nitrogens with one attached hydrogen (secondary N) is 1. The first kappa shape index (κ1) is 22.2. The smallest absolute Gasteiger partial charge is 0.271 e. The van der Waals surface area contributed by atoms with Crippen molar-refractivity contribution in [2.45, 2.75) is 0 Å². The maximum absolute atomic E-state index is 13.4. The van der Waals surface area contributed by atoms with Crippen LogP contribution in [0, 0.1) is 0 Å². The predicted octanol–water partition coefficient (Wildman–Crippen LogP) is 4.73. The first-order valence-electron chi connectivity index (χ1n) is 11.3. The van der Waals surface area contributed by atoms with Crippen LogP contribution in [0.1, 0.15) is 10.4 Å². The molecule has 1 fully saturated rings. The summed E-state index contributed by atoms with van der Waals surface area (Å²) < 4.78 is 13.2. The topological polar surface area (TPSA) is 96.8 Å². The number of carbonyl (C=O) groups excluding carboxylic acids is 1. The summed E-state index contributed by atoms with van der Waals surface area (Å²) in [5.74, 6) is 0.260. The average molecular weight is 507 g/mol. The van der Waals surface area contributed by atoms with Gasteiger partial charge in [0, 0.05) is 19.6 Å². The van der Waals surface area contributed by atoms with E-state index < -0.39 is 0 Å². The molecule has 3 aromatic carbocycles. The predicted molar refractivity (Wildman–Crippen MR) is 139 cm³/mol. The number of rotatable bonds is 6. The molecule has 8 nitrogen and oxygen atoms in total. The van der Waals surface area contributed by atoms with Crippen LogP contribution in [0.4, 0.5) is 5.13 Å². The Bertz CT molecular complexity index is 1540. The van der Waals surface area contributed by atoms with Crippen molar-refractivity contribution in [3.05, 3.63) is 54.1 Å². The molecular formula is C25H22N4O4S2. The second-order valence-corrected chi connectivity index (χ2v) is 10.2.